The first kappa shape index (κ1) is 24.5. The molecule has 1 aliphatic heterocycles. The molecule has 0 amide bonds. The predicted octanol–water partition coefficient (Wildman–Crippen LogP) is 5.98. The van der Waals surface area contributed by atoms with Crippen molar-refractivity contribution in [3.63, 3.8) is 0 Å². The number of nitrogens with zero attached hydrogens (tertiary/aromatic N) is 1. The molecular weight excluding hydrogens is 436 g/mol. The summed E-state index contributed by atoms with van der Waals surface area (Å²) in [5.74, 6) is 1.34. The lowest BCUT2D eigenvalue weighted by Gasteiger charge is -2.43. The van der Waals surface area contributed by atoms with E-state index in [0.717, 1.165) is 22.4 Å². The highest BCUT2D eigenvalue weighted by Crippen LogP contribution is 2.44. The summed E-state index contributed by atoms with van der Waals surface area (Å²) in [6, 6.07) is 12.9. The van der Waals surface area contributed by atoms with Crippen molar-refractivity contribution in [2.75, 3.05) is 0 Å². The molecule has 0 saturated carbocycles. The molecule has 3 rings (SSSR count). The standard InChI is InChI=1S/C25H36N2O3SSi/c1-17(2)32(18(3)4,19(5)6)30-24-10-8-9-21-16-26-25(15-23(21)24)27-31(28,29)22-13-11-20(7)12-14-22/h8-14,17-19H,15-16H2,1-7H3,(H,26,27). The van der Waals surface area contributed by atoms with E-state index in [-0.39, 0.29) is 4.90 Å². The fourth-order valence-corrected chi connectivity index (χ4v) is 11.3. The SMILES string of the molecule is Cc1ccc(S(=O)(=O)NC2=NCc3cccc(O[Si](C(C)C)(C(C)C)C(C)C)c3C2)cc1. The normalized spacial score (nSPS) is 14.5. The van der Waals surface area contributed by atoms with Gasteiger partial charge in [-0.2, -0.15) is 0 Å². The van der Waals surface area contributed by atoms with Gasteiger partial charge in [-0.3, -0.25) is 9.71 Å². The highest BCUT2D eigenvalue weighted by molar-refractivity contribution is 7.90. The molecule has 2 aromatic carbocycles. The van der Waals surface area contributed by atoms with Gasteiger partial charge in [0, 0.05) is 12.0 Å². The van der Waals surface area contributed by atoms with Crippen molar-refractivity contribution in [3.8, 4) is 5.75 Å². The molecule has 0 radical (unpaired) electrons. The highest BCUT2D eigenvalue weighted by atomic mass is 32.2. The van der Waals surface area contributed by atoms with E-state index in [4.69, 9.17) is 4.43 Å². The van der Waals surface area contributed by atoms with Crippen molar-refractivity contribution >= 4 is 24.2 Å². The second kappa shape index (κ2) is 9.39. The molecule has 0 aliphatic carbocycles. The largest absolute Gasteiger partial charge is 0.542 e. The molecule has 0 atom stereocenters. The quantitative estimate of drug-likeness (QED) is 0.504. The molecular formula is C25H36N2O3SSi. The van der Waals surface area contributed by atoms with Crippen molar-refractivity contribution in [1.82, 2.24) is 4.72 Å². The maximum absolute atomic E-state index is 12.9. The van der Waals surface area contributed by atoms with Crippen molar-refractivity contribution in [2.24, 2.45) is 4.99 Å². The zero-order valence-corrected chi connectivity index (χ0v) is 22.1. The van der Waals surface area contributed by atoms with E-state index in [1.54, 1.807) is 24.3 Å². The van der Waals surface area contributed by atoms with Crippen LogP contribution in [0.15, 0.2) is 52.4 Å². The van der Waals surface area contributed by atoms with Gasteiger partial charge >= 0.3 is 0 Å². The van der Waals surface area contributed by atoms with E-state index in [1.807, 2.05) is 19.1 Å². The van der Waals surface area contributed by atoms with Gasteiger partial charge in [-0.15, -0.1) is 0 Å². The third kappa shape index (κ3) is 4.78. The van der Waals surface area contributed by atoms with Crippen LogP contribution in [0.5, 0.6) is 5.75 Å². The second-order valence-electron chi connectivity index (χ2n) is 9.67. The van der Waals surface area contributed by atoms with Gasteiger partial charge in [0.05, 0.1) is 11.4 Å². The monoisotopic (exact) mass is 472 g/mol. The minimum absolute atomic E-state index is 0.243. The van der Waals surface area contributed by atoms with E-state index >= 15 is 0 Å². The Labute approximate surface area is 194 Å². The first-order valence-electron chi connectivity index (χ1n) is 11.4. The average molecular weight is 473 g/mol. The molecule has 5 nitrogen and oxygen atoms in total. The van der Waals surface area contributed by atoms with Crippen LogP contribution in [-0.2, 0) is 23.0 Å². The van der Waals surface area contributed by atoms with Crippen LogP contribution in [0, 0.1) is 6.92 Å². The molecule has 0 spiro atoms. The maximum atomic E-state index is 12.9. The number of fused-ring (bicyclic) bond motifs is 1. The van der Waals surface area contributed by atoms with Crippen molar-refractivity contribution in [2.45, 2.75) is 83.0 Å². The first-order valence-corrected chi connectivity index (χ1v) is 15.0. The zero-order valence-electron chi connectivity index (χ0n) is 20.3. The van der Waals surface area contributed by atoms with Gasteiger partial charge in [0.1, 0.15) is 11.6 Å². The molecule has 32 heavy (non-hydrogen) atoms. The van der Waals surface area contributed by atoms with Crippen molar-refractivity contribution in [3.05, 3.63) is 59.2 Å². The van der Waals surface area contributed by atoms with Crippen molar-refractivity contribution < 1.29 is 12.8 Å². The number of hydrogen-bond donors (Lipinski definition) is 1. The minimum atomic E-state index is -3.68. The lowest BCUT2D eigenvalue weighted by molar-refractivity contribution is 0.475. The van der Waals surface area contributed by atoms with E-state index < -0.39 is 18.3 Å². The predicted molar refractivity (Wildman–Crippen MR) is 134 cm³/mol. The number of nitrogens with one attached hydrogen (secondary N) is 1. The third-order valence-corrected chi connectivity index (χ3v) is 14.0. The lowest BCUT2D eigenvalue weighted by atomic mass is 10.0. The Morgan fingerprint density at radius 2 is 1.53 bits per heavy atom. The molecule has 1 N–H and O–H groups in total. The summed E-state index contributed by atoms with van der Waals surface area (Å²) >= 11 is 0. The van der Waals surface area contributed by atoms with Crippen LogP contribution in [-0.4, -0.2) is 22.6 Å². The number of hydrogen-bond acceptors (Lipinski definition) is 4. The molecule has 0 bridgehead atoms. The summed E-state index contributed by atoms with van der Waals surface area (Å²) in [6.45, 7) is 16.0. The van der Waals surface area contributed by atoms with Crippen molar-refractivity contribution in [1.29, 1.82) is 0 Å². The van der Waals surface area contributed by atoms with Crippen LogP contribution in [0.3, 0.4) is 0 Å². The molecule has 1 aliphatic rings. The Hall–Kier alpha value is -2.12. The number of aliphatic imine (C=N–C) groups is 1. The molecule has 1 heterocycles. The van der Waals surface area contributed by atoms with Gasteiger partial charge in [-0.1, -0.05) is 71.4 Å². The minimum Gasteiger partial charge on any atom is -0.542 e. The molecule has 7 heteroatoms. The van der Waals surface area contributed by atoms with Gasteiger partial charge in [-0.05, 0) is 47.3 Å². The van der Waals surface area contributed by atoms with E-state index in [2.05, 4.69) is 57.3 Å². The average Bonchev–Trinajstić information content (AvgIpc) is 2.71. The van der Waals surface area contributed by atoms with Crippen LogP contribution in [0.25, 0.3) is 0 Å². The number of amidine groups is 1. The summed E-state index contributed by atoms with van der Waals surface area (Å²) in [5.41, 5.74) is 4.52. The summed E-state index contributed by atoms with van der Waals surface area (Å²) in [4.78, 5) is 4.77. The smallest absolute Gasteiger partial charge is 0.262 e. The van der Waals surface area contributed by atoms with Crippen LogP contribution >= 0.6 is 0 Å². The third-order valence-electron chi connectivity index (χ3n) is 6.59. The Bertz CT molecular complexity index is 1070. The Morgan fingerprint density at radius 3 is 2.09 bits per heavy atom. The molecule has 0 fully saturated rings. The second-order valence-corrected chi connectivity index (χ2v) is 16.7. The number of aryl methyl sites for hydroxylation is 1. The number of rotatable bonds is 7. The Morgan fingerprint density at radius 1 is 0.938 bits per heavy atom. The van der Waals surface area contributed by atoms with E-state index in [1.165, 1.54) is 0 Å². The summed E-state index contributed by atoms with van der Waals surface area (Å²) in [7, 11) is -5.81. The summed E-state index contributed by atoms with van der Waals surface area (Å²) in [6.07, 6.45) is 0.412. The van der Waals surface area contributed by atoms with Gasteiger partial charge < -0.3 is 4.43 Å². The van der Waals surface area contributed by atoms with E-state index in [0.29, 0.717) is 35.4 Å². The van der Waals surface area contributed by atoms with Crippen LogP contribution in [0.4, 0.5) is 0 Å². The summed E-state index contributed by atoms with van der Waals surface area (Å²) < 4.78 is 35.5. The molecule has 2 aromatic rings. The first-order chi connectivity index (χ1) is 15.0. The van der Waals surface area contributed by atoms with Crippen LogP contribution in [0.1, 0.15) is 58.2 Å². The fraction of sp³-hybridized carbons (Fsp3) is 0.480. The number of benzene rings is 2. The van der Waals surface area contributed by atoms with Gasteiger partial charge in [0.25, 0.3) is 18.3 Å². The van der Waals surface area contributed by atoms with Gasteiger partial charge in [0.15, 0.2) is 0 Å². The fourth-order valence-electron chi connectivity index (χ4n) is 5.00. The lowest BCUT2D eigenvalue weighted by Crippen LogP contribution is -2.51. The van der Waals surface area contributed by atoms with Gasteiger partial charge in [0.2, 0.25) is 0 Å². The topological polar surface area (TPSA) is 67.8 Å². The Balaban J connectivity index is 1.90. The molecule has 174 valence electrons. The molecule has 0 saturated heterocycles. The molecule has 0 unspecified atom stereocenters. The van der Waals surface area contributed by atoms with E-state index in [9.17, 15) is 8.42 Å². The number of sulfonamides is 1. The Kier molecular flexibility index (Phi) is 7.20. The van der Waals surface area contributed by atoms with Crippen LogP contribution in [0.2, 0.25) is 16.6 Å². The van der Waals surface area contributed by atoms with Crippen LogP contribution < -0.4 is 9.15 Å². The molecule has 0 aromatic heterocycles. The summed E-state index contributed by atoms with van der Waals surface area (Å²) in [5, 5.41) is 0. The highest BCUT2D eigenvalue weighted by Gasteiger charge is 2.47. The van der Waals surface area contributed by atoms with Gasteiger partial charge in [-0.25, -0.2) is 8.42 Å². The zero-order chi connectivity index (χ0) is 23.7. The maximum Gasteiger partial charge on any atom is 0.262 e.